The summed E-state index contributed by atoms with van der Waals surface area (Å²) in [6.45, 7) is 0.955. The molecule has 3 rings (SSSR count). The first-order valence-electron chi connectivity index (χ1n) is 5.59. The highest BCUT2D eigenvalue weighted by Gasteiger charge is 2.21. The summed E-state index contributed by atoms with van der Waals surface area (Å²) in [5.41, 5.74) is -0.0990. The fourth-order valence-electron chi connectivity index (χ4n) is 2.21. The van der Waals surface area contributed by atoms with E-state index in [4.69, 9.17) is 0 Å². The minimum absolute atomic E-state index is 0.150. The smallest absolute Gasteiger partial charge is 0.329 e. The van der Waals surface area contributed by atoms with E-state index in [-0.39, 0.29) is 6.04 Å². The topological polar surface area (TPSA) is 95.6 Å². The average Bonchev–Trinajstić information content (AvgIpc) is 2.94. The summed E-state index contributed by atoms with van der Waals surface area (Å²) in [6, 6.07) is 0.150. The molecule has 1 aliphatic rings. The lowest BCUT2D eigenvalue weighted by atomic mass is 10.2. The van der Waals surface area contributed by atoms with Gasteiger partial charge in [-0.05, 0) is 19.4 Å². The van der Waals surface area contributed by atoms with Crippen LogP contribution in [0.1, 0.15) is 24.7 Å². The lowest BCUT2D eigenvalue weighted by molar-refractivity contribution is 0.613. The van der Waals surface area contributed by atoms with Gasteiger partial charge in [0.25, 0.3) is 5.56 Å². The van der Waals surface area contributed by atoms with Gasteiger partial charge in [-0.2, -0.15) is 0 Å². The molecule has 17 heavy (non-hydrogen) atoms. The number of fused-ring (bicyclic) bond motifs is 1. The van der Waals surface area contributed by atoms with Crippen molar-refractivity contribution in [3.8, 4) is 0 Å². The van der Waals surface area contributed by atoms with Crippen molar-refractivity contribution in [3.63, 3.8) is 0 Å². The average molecular weight is 235 g/mol. The second-order valence-corrected chi connectivity index (χ2v) is 4.29. The predicted molar refractivity (Wildman–Crippen MR) is 61.9 cm³/mol. The minimum atomic E-state index is -0.445. The van der Waals surface area contributed by atoms with Gasteiger partial charge in [-0.3, -0.25) is 14.3 Å². The molecule has 7 heteroatoms. The van der Waals surface area contributed by atoms with Crippen molar-refractivity contribution in [1.82, 2.24) is 24.8 Å². The lowest BCUT2D eigenvalue weighted by Crippen LogP contribution is -2.28. The molecule has 2 aromatic rings. The van der Waals surface area contributed by atoms with Crippen molar-refractivity contribution in [3.05, 3.63) is 26.7 Å². The Bertz CT molecular complexity index is 674. The maximum absolute atomic E-state index is 11.6. The molecule has 1 aliphatic heterocycles. The number of imidazole rings is 1. The zero-order valence-corrected chi connectivity index (χ0v) is 9.41. The normalized spacial score (nSPS) is 20.2. The summed E-state index contributed by atoms with van der Waals surface area (Å²) in [7, 11) is 1.59. The van der Waals surface area contributed by atoms with Crippen molar-refractivity contribution in [2.24, 2.45) is 7.05 Å². The fraction of sp³-hybridized carbons (Fsp3) is 0.500. The second-order valence-electron chi connectivity index (χ2n) is 4.29. The van der Waals surface area contributed by atoms with Gasteiger partial charge in [0, 0.05) is 7.05 Å². The second kappa shape index (κ2) is 3.56. The van der Waals surface area contributed by atoms with Crippen molar-refractivity contribution in [2.75, 3.05) is 6.54 Å². The third kappa shape index (κ3) is 1.50. The van der Waals surface area contributed by atoms with Crippen LogP contribution >= 0.6 is 0 Å². The Morgan fingerprint density at radius 3 is 2.88 bits per heavy atom. The SMILES string of the molecule is Cn1c(=O)[nH]c(=O)c2[nH]c(C3CCCN3)nc21. The van der Waals surface area contributed by atoms with Crippen LogP contribution in [-0.2, 0) is 7.05 Å². The van der Waals surface area contributed by atoms with Gasteiger partial charge < -0.3 is 10.3 Å². The predicted octanol–water partition coefficient (Wildman–Crippen LogP) is -0.626. The molecule has 0 bridgehead atoms. The number of hydrogen-bond acceptors (Lipinski definition) is 4. The first-order chi connectivity index (χ1) is 8.16. The number of aromatic nitrogens is 4. The van der Waals surface area contributed by atoms with Crippen LogP contribution in [0.2, 0.25) is 0 Å². The highest BCUT2D eigenvalue weighted by molar-refractivity contribution is 5.69. The Kier molecular flexibility index (Phi) is 2.15. The molecule has 0 spiro atoms. The van der Waals surface area contributed by atoms with Crippen LogP contribution in [0.5, 0.6) is 0 Å². The Hall–Kier alpha value is -1.89. The summed E-state index contributed by atoms with van der Waals surface area (Å²) >= 11 is 0. The van der Waals surface area contributed by atoms with Gasteiger partial charge in [0.1, 0.15) is 11.3 Å². The zero-order valence-electron chi connectivity index (χ0n) is 9.41. The summed E-state index contributed by atoms with van der Waals surface area (Å²) in [5.74, 6) is 0.726. The maximum Gasteiger partial charge on any atom is 0.329 e. The molecule has 0 aliphatic carbocycles. The molecular formula is C10H13N5O2. The molecule has 0 amide bonds. The van der Waals surface area contributed by atoms with Gasteiger partial charge in [-0.25, -0.2) is 9.78 Å². The Labute approximate surface area is 95.9 Å². The van der Waals surface area contributed by atoms with Gasteiger partial charge in [-0.15, -0.1) is 0 Å². The van der Waals surface area contributed by atoms with E-state index < -0.39 is 11.2 Å². The summed E-state index contributed by atoms with van der Waals surface area (Å²) in [6.07, 6.45) is 2.09. The van der Waals surface area contributed by atoms with E-state index in [0.29, 0.717) is 11.2 Å². The molecule has 0 radical (unpaired) electrons. The third-order valence-corrected chi connectivity index (χ3v) is 3.16. The Morgan fingerprint density at radius 1 is 1.35 bits per heavy atom. The first kappa shape index (κ1) is 10.3. The monoisotopic (exact) mass is 235 g/mol. The third-order valence-electron chi connectivity index (χ3n) is 3.16. The first-order valence-corrected chi connectivity index (χ1v) is 5.59. The minimum Gasteiger partial charge on any atom is -0.335 e. The molecule has 3 heterocycles. The number of rotatable bonds is 1. The van der Waals surface area contributed by atoms with Crippen LogP contribution in [-0.4, -0.2) is 26.1 Å². The Balaban J connectivity index is 2.25. The van der Waals surface area contributed by atoms with Crippen LogP contribution in [0, 0.1) is 0 Å². The van der Waals surface area contributed by atoms with Crippen LogP contribution < -0.4 is 16.6 Å². The van der Waals surface area contributed by atoms with E-state index in [1.54, 1.807) is 7.05 Å². The molecule has 7 nitrogen and oxygen atoms in total. The van der Waals surface area contributed by atoms with E-state index in [1.807, 2.05) is 0 Å². The molecule has 3 N–H and O–H groups in total. The molecule has 1 atom stereocenters. The number of nitrogens with one attached hydrogen (secondary N) is 3. The van der Waals surface area contributed by atoms with Crippen LogP contribution in [0.25, 0.3) is 11.2 Å². The molecular weight excluding hydrogens is 222 g/mol. The summed E-state index contributed by atoms with van der Waals surface area (Å²) < 4.78 is 1.34. The summed E-state index contributed by atoms with van der Waals surface area (Å²) in [4.78, 5) is 32.6. The van der Waals surface area contributed by atoms with Crippen LogP contribution in [0.3, 0.4) is 0 Å². The van der Waals surface area contributed by atoms with Gasteiger partial charge in [0.2, 0.25) is 0 Å². The molecule has 1 saturated heterocycles. The van der Waals surface area contributed by atoms with E-state index >= 15 is 0 Å². The van der Waals surface area contributed by atoms with Crippen molar-refractivity contribution < 1.29 is 0 Å². The van der Waals surface area contributed by atoms with Crippen molar-refractivity contribution in [1.29, 1.82) is 0 Å². The van der Waals surface area contributed by atoms with E-state index in [0.717, 1.165) is 25.2 Å². The van der Waals surface area contributed by atoms with Crippen molar-refractivity contribution in [2.45, 2.75) is 18.9 Å². The Morgan fingerprint density at radius 2 is 2.18 bits per heavy atom. The molecule has 0 aromatic carbocycles. The standard InChI is InChI=1S/C10H13N5O2/c1-15-8-6(9(16)14-10(15)17)12-7(13-8)5-3-2-4-11-5/h5,11H,2-4H2,1H3,(H,12,13)(H,14,16,17). The van der Waals surface area contributed by atoms with Crippen LogP contribution in [0.4, 0.5) is 0 Å². The van der Waals surface area contributed by atoms with E-state index in [1.165, 1.54) is 4.57 Å². The molecule has 2 aromatic heterocycles. The molecule has 1 fully saturated rings. The number of nitrogens with zero attached hydrogens (tertiary/aromatic N) is 2. The number of aryl methyl sites for hydroxylation is 1. The lowest BCUT2D eigenvalue weighted by Gasteiger charge is -2.04. The largest absolute Gasteiger partial charge is 0.335 e. The molecule has 0 saturated carbocycles. The zero-order chi connectivity index (χ0) is 12.0. The van der Waals surface area contributed by atoms with Gasteiger partial charge in [-0.1, -0.05) is 0 Å². The van der Waals surface area contributed by atoms with Gasteiger partial charge in [0.15, 0.2) is 5.65 Å². The van der Waals surface area contributed by atoms with Gasteiger partial charge in [0.05, 0.1) is 6.04 Å². The van der Waals surface area contributed by atoms with Crippen molar-refractivity contribution >= 4 is 11.2 Å². The number of hydrogen-bond donors (Lipinski definition) is 3. The highest BCUT2D eigenvalue weighted by Crippen LogP contribution is 2.21. The van der Waals surface area contributed by atoms with E-state index in [9.17, 15) is 9.59 Å². The highest BCUT2D eigenvalue weighted by atomic mass is 16.2. The molecule has 1 unspecified atom stereocenters. The number of aromatic amines is 2. The van der Waals surface area contributed by atoms with E-state index in [2.05, 4.69) is 20.3 Å². The summed E-state index contributed by atoms with van der Waals surface area (Å²) in [5, 5.41) is 3.29. The fourth-order valence-corrected chi connectivity index (χ4v) is 2.21. The quantitative estimate of drug-likeness (QED) is 0.613. The molecule has 90 valence electrons. The van der Waals surface area contributed by atoms with Gasteiger partial charge >= 0.3 is 5.69 Å². The van der Waals surface area contributed by atoms with Crippen LogP contribution in [0.15, 0.2) is 9.59 Å². The number of H-pyrrole nitrogens is 2. The maximum atomic E-state index is 11.6.